The summed E-state index contributed by atoms with van der Waals surface area (Å²) in [7, 11) is 0. The summed E-state index contributed by atoms with van der Waals surface area (Å²) >= 11 is 0. The second-order valence-corrected chi connectivity index (χ2v) is 4.88. The molecule has 96 valence electrons. The van der Waals surface area contributed by atoms with Crippen LogP contribution in [0.15, 0.2) is 30.3 Å². The van der Waals surface area contributed by atoms with Crippen molar-refractivity contribution >= 4 is 12.4 Å². The van der Waals surface area contributed by atoms with Crippen molar-refractivity contribution in [3.05, 3.63) is 35.9 Å². The summed E-state index contributed by atoms with van der Waals surface area (Å²) in [5, 5.41) is 0. The van der Waals surface area contributed by atoms with Crippen molar-refractivity contribution < 1.29 is 8.78 Å². The fraction of sp³-hybridized carbons (Fsp3) is 0.538. The summed E-state index contributed by atoms with van der Waals surface area (Å²) in [6.45, 7) is 0. The van der Waals surface area contributed by atoms with E-state index in [0.29, 0.717) is 19.3 Å². The van der Waals surface area contributed by atoms with E-state index in [0.717, 1.165) is 5.56 Å². The Hall–Kier alpha value is -0.670. The van der Waals surface area contributed by atoms with Crippen LogP contribution >= 0.6 is 12.4 Å². The lowest BCUT2D eigenvalue weighted by Gasteiger charge is -2.37. The van der Waals surface area contributed by atoms with Gasteiger partial charge in [0.15, 0.2) is 0 Å². The third-order valence-corrected chi connectivity index (χ3v) is 3.38. The molecule has 2 rings (SSSR count). The largest absolute Gasteiger partial charge is 0.325 e. The maximum atomic E-state index is 13.0. The Morgan fingerprint density at radius 2 is 1.53 bits per heavy atom. The molecule has 0 heterocycles. The van der Waals surface area contributed by atoms with E-state index in [-0.39, 0.29) is 25.2 Å². The van der Waals surface area contributed by atoms with Crippen LogP contribution in [0.1, 0.15) is 31.2 Å². The SMILES string of the molecule is Cl.NC1(Cc2ccccc2)CCC(F)(F)CC1. The molecule has 4 heteroatoms. The van der Waals surface area contributed by atoms with Crippen LogP contribution in [0.5, 0.6) is 0 Å². The number of halogens is 3. The van der Waals surface area contributed by atoms with Crippen LogP contribution in [0.25, 0.3) is 0 Å². The Labute approximate surface area is 107 Å². The van der Waals surface area contributed by atoms with Crippen molar-refractivity contribution in [2.45, 2.75) is 43.6 Å². The van der Waals surface area contributed by atoms with Gasteiger partial charge in [-0.2, -0.15) is 0 Å². The van der Waals surface area contributed by atoms with Crippen molar-refractivity contribution in [1.82, 2.24) is 0 Å². The highest BCUT2D eigenvalue weighted by molar-refractivity contribution is 5.85. The maximum Gasteiger partial charge on any atom is 0.248 e. The summed E-state index contributed by atoms with van der Waals surface area (Å²) in [6, 6.07) is 9.86. The Bertz CT molecular complexity index is 344. The van der Waals surface area contributed by atoms with E-state index in [1.54, 1.807) is 0 Å². The van der Waals surface area contributed by atoms with E-state index in [1.807, 2.05) is 30.3 Å². The van der Waals surface area contributed by atoms with Gasteiger partial charge in [0.1, 0.15) is 0 Å². The van der Waals surface area contributed by atoms with E-state index >= 15 is 0 Å². The van der Waals surface area contributed by atoms with Crippen LogP contribution in [0, 0.1) is 0 Å². The molecule has 2 N–H and O–H groups in total. The summed E-state index contributed by atoms with van der Waals surface area (Å²) in [6.07, 6.45) is 1.38. The minimum atomic E-state index is -2.50. The van der Waals surface area contributed by atoms with E-state index in [1.165, 1.54) is 0 Å². The monoisotopic (exact) mass is 261 g/mol. The van der Waals surface area contributed by atoms with Crippen LogP contribution in [0.2, 0.25) is 0 Å². The topological polar surface area (TPSA) is 26.0 Å². The highest BCUT2D eigenvalue weighted by Crippen LogP contribution is 2.38. The summed E-state index contributed by atoms with van der Waals surface area (Å²) in [4.78, 5) is 0. The zero-order valence-corrected chi connectivity index (χ0v) is 10.5. The lowest BCUT2D eigenvalue weighted by molar-refractivity contribution is -0.0505. The summed E-state index contributed by atoms with van der Waals surface area (Å²) in [5.74, 6) is -2.50. The first-order chi connectivity index (χ1) is 7.49. The van der Waals surface area contributed by atoms with Crippen LogP contribution in [0.3, 0.4) is 0 Å². The molecular formula is C13H18ClF2N. The number of benzene rings is 1. The fourth-order valence-corrected chi connectivity index (χ4v) is 2.29. The predicted molar refractivity (Wildman–Crippen MR) is 67.7 cm³/mol. The number of nitrogens with two attached hydrogens (primary N) is 1. The zero-order valence-electron chi connectivity index (χ0n) is 9.66. The molecule has 1 saturated carbocycles. The second-order valence-electron chi connectivity index (χ2n) is 4.88. The molecule has 1 aliphatic rings. The van der Waals surface area contributed by atoms with Gasteiger partial charge in [-0.1, -0.05) is 30.3 Å². The third-order valence-electron chi connectivity index (χ3n) is 3.38. The van der Waals surface area contributed by atoms with Crippen LogP contribution in [0.4, 0.5) is 8.78 Å². The Kier molecular flexibility index (Phi) is 4.50. The second kappa shape index (κ2) is 5.32. The molecule has 1 nitrogen and oxygen atoms in total. The number of rotatable bonds is 2. The quantitative estimate of drug-likeness (QED) is 0.866. The van der Waals surface area contributed by atoms with E-state index < -0.39 is 11.5 Å². The van der Waals surface area contributed by atoms with Gasteiger partial charge in [-0.15, -0.1) is 12.4 Å². The fourth-order valence-electron chi connectivity index (χ4n) is 2.29. The van der Waals surface area contributed by atoms with E-state index in [9.17, 15) is 8.78 Å². The lowest BCUT2D eigenvalue weighted by atomic mass is 9.77. The van der Waals surface area contributed by atoms with Gasteiger partial charge in [0.25, 0.3) is 0 Å². The molecule has 0 aromatic heterocycles. The summed E-state index contributed by atoms with van der Waals surface area (Å²) in [5.41, 5.74) is 6.87. The average molecular weight is 262 g/mol. The van der Waals surface area contributed by atoms with Gasteiger partial charge in [0.05, 0.1) is 0 Å². The van der Waals surface area contributed by atoms with Gasteiger partial charge in [0.2, 0.25) is 5.92 Å². The molecule has 0 saturated heterocycles. The molecule has 0 aliphatic heterocycles. The van der Waals surface area contributed by atoms with Crippen molar-refractivity contribution in [2.75, 3.05) is 0 Å². The molecule has 1 aromatic carbocycles. The average Bonchev–Trinajstić information content (AvgIpc) is 2.25. The standard InChI is InChI=1S/C13H17F2N.ClH/c14-13(15)8-6-12(16,7-9-13)10-11-4-2-1-3-5-11;/h1-5H,6-10,16H2;1H. The first-order valence-electron chi connectivity index (χ1n) is 5.70. The molecule has 1 fully saturated rings. The maximum absolute atomic E-state index is 13.0. The minimum absolute atomic E-state index is 0. The Morgan fingerprint density at radius 1 is 1.00 bits per heavy atom. The minimum Gasteiger partial charge on any atom is -0.325 e. The highest BCUT2D eigenvalue weighted by Gasteiger charge is 2.40. The molecule has 0 spiro atoms. The smallest absolute Gasteiger partial charge is 0.248 e. The van der Waals surface area contributed by atoms with Gasteiger partial charge in [-0.05, 0) is 24.8 Å². The first kappa shape index (κ1) is 14.4. The van der Waals surface area contributed by atoms with Crippen LogP contribution in [-0.2, 0) is 6.42 Å². The number of alkyl halides is 2. The van der Waals surface area contributed by atoms with Crippen LogP contribution in [-0.4, -0.2) is 11.5 Å². The molecular weight excluding hydrogens is 244 g/mol. The van der Waals surface area contributed by atoms with E-state index in [4.69, 9.17) is 5.73 Å². The third kappa shape index (κ3) is 3.93. The normalized spacial score (nSPS) is 21.6. The molecule has 17 heavy (non-hydrogen) atoms. The number of hydrogen-bond acceptors (Lipinski definition) is 1. The van der Waals surface area contributed by atoms with Gasteiger partial charge in [-0.25, -0.2) is 8.78 Å². The number of hydrogen-bond donors (Lipinski definition) is 1. The first-order valence-corrected chi connectivity index (χ1v) is 5.70. The van der Waals surface area contributed by atoms with Gasteiger partial charge in [-0.3, -0.25) is 0 Å². The van der Waals surface area contributed by atoms with Gasteiger partial charge < -0.3 is 5.73 Å². The van der Waals surface area contributed by atoms with Gasteiger partial charge in [0, 0.05) is 18.4 Å². The summed E-state index contributed by atoms with van der Waals surface area (Å²) < 4.78 is 26.1. The van der Waals surface area contributed by atoms with E-state index in [2.05, 4.69) is 0 Å². The molecule has 0 amide bonds. The highest BCUT2D eigenvalue weighted by atomic mass is 35.5. The van der Waals surface area contributed by atoms with Crippen molar-refractivity contribution in [3.8, 4) is 0 Å². The van der Waals surface area contributed by atoms with Gasteiger partial charge >= 0.3 is 0 Å². The lowest BCUT2D eigenvalue weighted by Crippen LogP contribution is -2.47. The van der Waals surface area contributed by atoms with Crippen molar-refractivity contribution in [3.63, 3.8) is 0 Å². The zero-order chi connectivity index (χ0) is 11.6. The molecule has 0 atom stereocenters. The predicted octanol–water partition coefficient (Wildman–Crippen LogP) is 3.56. The van der Waals surface area contributed by atoms with Crippen LogP contribution < -0.4 is 5.73 Å². The molecule has 0 bridgehead atoms. The molecule has 0 radical (unpaired) electrons. The van der Waals surface area contributed by atoms with Crippen molar-refractivity contribution in [2.24, 2.45) is 5.73 Å². The molecule has 1 aromatic rings. The molecule has 1 aliphatic carbocycles. The Morgan fingerprint density at radius 3 is 2.06 bits per heavy atom. The van der Waals surface area contributed by atoms with Crippen molar-refractivity contribution in [1.29, 1.82) is 0 Å². The Balaban J connectivity index is 0.00000144. The molecule has 0 unspecified atom stereocenters.